The molecule has 15 heavy (non-hydrogen) atoms. The van der Waals surface area contributed by atoms with Gasteiger partial charge < -0.3 is 4.74 Å². The van der Waals surface area contributed by atoms with Gasteiger partial charge in [-0.15, -0.1) is 0 Å². The van der Waals surface area contributed by atoms with Gasteiger partial charge in [0.25, 0.3) is 0 Å². The number of halogens is 1. The molecule has 0 atom stereocenters. The van der Waals surface area contributed by atoms with Crippen LogP contribution in [0.2, 0.25) is 0 Å². The maximum atomic E-state index is 10.8. The molecule has 82 valence electrons. The number of hydrogen-bond acceptors (Lipinski definition) is 2. The van der Waals surface area contributed by atoms with Crippen LogP contribution in [0.25, 0.3) is 0 Å². The van der Waals surface area contributed by atoms with Crippen molar-refractivity contribution in [3.63, 3.8) is 0 Å². The van der Waals surface area contributed by atoms with Gasteiger partial charge >= 0.3 is 0 Å². The molecule has 0 amide bonds. The summed E-state index contributed by atoms with van der Waals surface area (Å²) in [5.74, 6) is 1.25. The number of para-hydroxylation sites is 1. The maximum Gasteiger partial charge on any atom is 0.153 e. The Hall–Kier alpha value is -0.830. The summed E-state index contributed by atoms with van der Waals surface area (Å²) in [5.41, 5.74) is 0.591. The first kappa shape index (κ1) is 12.2. The second-order valence-corrected chi connectivity index (χ2v) is 4.66. The van der Waals surface area contributed by atoms with E-state index >= 15 is 0 Å². The van der Waals surface area contributed by atoms with Crippen LogP contribution in [-0.2, 0) is 0 Å². The molecule has 1 aromatic carbocycles. The average molecular weight is 271 g/mol. The molecule has 3 heteroatoms. The average Bonchev–Trinajstić information content (AvgIpc) is 2.20. The lowest BCUT2D eigenvalue weighted by atomic mass is 10.1. The highest BCUT2D eigenvalue weighted by atomic mass is 79.9. The van der Waals surface area contributed by atoms with Gasteiger partial charge in [-0.05, 0) is 40.4 Å². The van der Waals surface area contributed by atoms with E-state index in [1.807, 2.05) is 12.1 Å². The number of hydrogen-bond donors (Lipinski definition) is 0. The van der Waals surface area contributed by atoms with Crippen molar-refractivity contribution in [2.24, 2.45) is 5.92 Å². The van der Waals surface area contributed by atoms with Gasteiger partial charge in [-0.2, -0.15) is 0 Å². The molecule has 0 fully saturated rings. The predicted molar refractivity (Wildman–Crippen MR) is 64.5 cm³/mol. The minimum Gasteiger partial charge on any atom is -0.492 e. The summed E-state index contributed by atoms with van der Waals surface area (Å²) in [6.07, 6.45) is 1.80. The number of carbonyl (C=O) groups excluding carboxylic acids is 1. The second kappa shape index (κ2) is 5.91. The van der Waals surface area contributed by atoms with Crippen LogP contribution in [0.5, 0.6) is 5.75 Å². The molecular formula is C12H15BrO2. The van der Waals surface area contributed by atoms with E-state index in [1.165, 1.54) is 0 Å². The molecule has 0 N–H and O–H groups in total. The summed E-state index contributed by atoms with van der Waals surface area (Å²) in [6.45, 7) is 4.93. The van der Waals surface area contributed by atoms with Crippen molar-refractivity contribution < 1.29 is 9.53 Å². The van der Waals surface area contributed by atoms with Gasteiger partial charge in [0.15, 0.2) is 6.29 Å². The zero-order valence-corrected chi connectivity index (χ0v) is 10.6. The van der Waals surface area contributed by atoms with Gasteiger partial charge in [-0.25, -0.2) is 0 Å². The second-order valence-electron chi connectivity index (χ2n) is 3.81. The van der Waals surface area contributed by atoms with Crippen LogP contribution < -0.4 is 4.74 Å². The van der Waals surface area contributed by atoms with Crippen molar-refractivity contribution in [3.05, 3.63) is 28.2 Å². The zero-order valence-electron chi connectivity index (χ0n) is 9.00. The molecule has 2 nitrogen and oxygen atoms in total. The minimum absolute atomic E-state index is 0.591. The fraction of sp³-hybridized carbons (Fsp3) is 0.417. The highest BCUT2D eigenvalue weighted by Crippen LogP contribution is 2.28. The summed E-state index contributed by atoms with van der Waals surface area (Å²) < 4.78 is 6.42. The molecule has 1 rings (SSSR count). The van der Waals surface area contributed by atoms with Crippen LogP contribution in [0, 0.1) is 5.92 Å². The van der Waals surface area contributed by atoms with Crippen LogP contribution in [0.3, 0.4) is 0 Å². The SMILES string of the molecule is CC(C)CCOc1c(Br)cccc1C=O. The molecule has 0 aromatic heterocycles. The molecule has 0 saturated heterocycles. The van der Waals surface area contributed by atoms with Crippen molar-refractivity contribution in [1.82, 2.24) is 0 Å². The van der Waals surface area contributed by atoms with Crippen LogP contribution >= 0.6 is 15.9 Å². The first-order chi connectivity index (χ1) is 7.15. The standard InChI is InChI=1S/C12H15BrO2/c1-9(2)6-7-15-12-10(8-14)4-3-5-11(12)13/h3-5,8-9H,6-7H2,1-2H3. The van der Waals surface area contributed by atoms with E-state index < -0.39 is 0 Å². The van der Waals surface area contributed by atoms with Crippen molar-refractivity contribution in [2.75, 3.05) is 6.61 Å². The van der Waals surface area contributed by atoms with E-state index in [0.29, 0.717) is 23.8 Å². The molecule has 1 aromatic rings. The minimum atomic E-state index is 0.591. The third-order valence-corrected chi connectivity index (χ3v) is 2.69. The van der Waals surface area contributed by atoms with Gasteiger partial charge in [0.1, 0.15) is 5.75 Å². The van der Waals surface area contributed by atoms with Crippen molar-refractivity contribution in [2.45, 2.75) is 20.3 Å². The normalized spacial score (nSPS) is 10.4. The number of aldehydes is 1. The summed E-state index contributed by atoms with van der Waals surface area (Å²) >= 11 is 3.37. The lowest BCUT2D eigenvalue weighted by molar-refractivity contribution is 0.111. The zero-order chi connectivity index (χ0) is 11.3. The first-order valence-corrected chi connectivity index (χ1v) is 5.81. The summed E-state index contributed by atoms with van der Waals surface area (Å²) in [5, 5.41) is 0. The lowest BCUT2D eigenvalue weighted by Crippen LogP contribution is -2.03. The van der Waals surface area contributed by atoms with E-state index in [0.717, 1.165) is 17.2 Å². The molecule has 0 spiro atoms. The Balaban J connectivity index is 2.70. The first-order valence-electron chi connectivity index (χ1n) is 5.01. The maximum absolute atomic E-state index is 10.8. The Morgan fingerprint density at radius 1 is 1.47 bits per heavy atom. The van der Waals surface area contributed by atoms with Gasteiger partial charge in [-0.3, -0.25) is 4.79 Å². The highest BCUT2D eigenvalue weighted by Gasteiger charge is 2.07. The highest BCUT2D eigenvalue weighted by molar-refractivity contribution is 9.10. The molecule has 0 heterocycles. The van der Waals surface area contributed by atoms with Gasteiger partial charge in [0.05, 0.1) is 16.6 Å². The Kier molecular flexibility index (Phi) is 4.82. The molecule has 0 radical (unpaired) electrons. The van der Waals surface area contributed by atoms with Crippen molar-refractivity contribution in [1.29, 1.82) is 0 Å². The molecule has 0 aliphatic rings. The third-order valence-electron chi connectivity index (χ3n) is 2.07. The van der Waals surface area contributed by atoms with Gasteiger partial charge in [-0.1, -0.05) is 19.9 Å². The Morgan fingerprint density at radius 3 is 2.80 bits per heavy atom. The van der Waals surface area contributed by atoms with Gasteiger partial charge in [0.2, 0.25) is 0 Å². The third kappa shape index (κ3) is 3.67. The van der Waals surface area contributed by atoms with Gasteiger partial charge in [0, 0.05) is 0 Å². The monoisotopic (exact) mass is 270 g/mol. The van der Waals surface area contributed by atoms with E-state index in [1.54, 1.807) is 6.07 Å². The predicted octanol–water partition coefficient (Wildman–Crippen LogP) is 3.69. The Bertz CT molecular complexity index is 334. The molecule has 0 aliphatic heterocycles. The van der Waals surface area contributed by atoms with E-state index in [2.05, 4.69) is 29.8 Å². The van der Waals surface area contributed by atoms with E-state index in [9.17, 15) is 4.79 Å². The molecular weight excluding hydrogens is 256 g/mol. The smallest absolute Gasteiger partial charge is 0.153 e. The summed E-state index contributed by atoms with van der Waals surface area (Å²) in [7, 11) is 0. The van der Waals surface area contributed by atoms with E-state index in [4.69, 9.17) is 4.74 Å². The van der Waals surface area contributed by atoms with Crippen molar-refractivity contribution in [3.8, 4) is 5.75 Å². The number of rotatable bonds is 5. The summed E-state index contributed by atoms with van der Waals surface area (Å²) in [6, 6.07) is 5.45. The fourth-order valence-electron chi connectivity index (χ4n) is 1.17. The van der Waals surface area contributed by atoms with Crippen LogP contribution in [0.15, 0.2) is 22.7 Å². The largest absolute Gasteiger partial charge is 0.492 e. The quantitative estimate of drug-likeness (QED) is 0.763. The Morgan fingerprint density at radius 2 is 2.20 bits per heavy atom. The van der Waals surface area contributed by atoms with Crippen LogP contribution in [-0.4, -0.2) is 12.9 Å². The summed E-state index contributed by atoms with van der Waals surface area (Å²) in [4.78, 5) is 10.8. The Labute approximate surface area is 98.8 Å². The number of carbonyl (C=O) groups is 1. The van der Waals surface area contributed by atoms with E-state index in [-0.39, 0.29) is 0 Å². The van der Waals surface area contributed by atoms with Crippen LogP contribution in [0.4, 0.5) is 0 Å². The number of benzene rings is 1. The topological polar surface area (TPSA) is 26.3 Å². The molecule has 0 saturated carbocycles. The lowest BCUT2D eigenvalue weighted by Gasteiger charge is -2.11. The molecule has 0 bridgehead atoms. The fourth-order valence-corrected chi connectivity index (χ4v) is 1.66. The number of ether oxygens (including phenoxy) is 1. The molecule has 0 aliphatic carbocycles. The van der Waals surface area contributed by atoms with Crippen molar-refractivity contribution >= 4 is 22.2 Å². The van der Waals surface area contributed by atoms with Crippen LogP contribution in [0.1, 0.15) is 30.6 Å². The molecule has 0 unspecified atom stereocenters.